The standard InChI is InChI=1S/C19H26N2O5/c1-2-21(11-15-12-25-16-5-3-4-6-17(16)26-15)19(24)20-14-9-7-13(8-10-14)18(22)23/h3-6,13-15H,2,7-12H2,1H3,(H,20,24)(H,22,23). The average Bonchev–Trinajstić information content (AvgIpc) is 2.66. The summed E-state index contributed by atoms with van der Waals surface area (Å²) in [4.78, 5) is 25.3. The van der Waals surface area contributed by atoms with Gasteiger partial charge in [0.2, 0.25) is 0 Å². The quantitative estimate of drug-likeness (QED) is 0.840. The number of benzene rings is 1. The van der Waals surface area contributed by atoms with E-state index in [0.29, 0.717) is 51.1 Å². The summed E-state index contributed by atoms with van der Waals surface area (Å²) in [5, 5.41) is 12.1. The summed E-state index contributed by atoms with van der Waals surface area (Å²) in [7, 11) is 0. The van der Waals surface area contributed by atoms with Crippen LogP contribution in [0.1, 0.15) is 32.6 Å². The number of hydrogen-bond acceptors (Lipinski definition) is 4. The molecule has 2 N–H and O–H groups in total. The summed E-state index contributed by atoms with van der Waals surface area (Å²) in [6, 6.07) is 7.42. The number of para-hydroxylation sites is 2. The molecule has 26 heavy (non-hydrogen) atoms. The molecule has 1 aromatic carbocycles. The van der Waals surface area contributed by atoms with Gasteiger partial charge in [-0.25, -0.2) is 4.79 Å². The number of rotatable bonds is 5. The van der Waals surface area contributed by atoms with Crippen LogP contribution in [0.5, 0.6) is 11.5 Å². The minimum Gasteiger partial charge on any atom is -0.486 e. The second-order valence-corrected chi connectivity index (χ2v) is 6.87. The molecule has 0 aromatic heterocycles. The Morgan fingerprint density at radius 3 is 2.54 bits per heavy atom. The molecule has 2 amide bonds. The van der Waals surface area contributed by atoms with E-state index in [0.717, 1.165) is 5.75 Å². The van der Waals surface area contributed by atoms with Crippen molar-refractivity contribution in [2.24, 2.45) is 5.92 Å². The van der Waals surface area contributed by atoms with Crippen molar-refractivity contribution < 1.29 is 24.2 Å². The van der Waals surface area contributed by atoms with Crippen LogP contribution in [-0.4, -0.2) is 53.8 Å². The minimum absolute atomic E-state index is 0.0383. The summed E-state index contributed by atoms with van der Waals surface area (Å²) in [6.45, 7) is 3.35. The molecular weight excluding hydrogens is 336 g/mol. The number of ether oxygens (including phenoxy) is 2. The van der Waals surface area contributed by atoms with Crippen molar-refractivity contribution in [1.29, 1.82) is 0 Å². The Morgan fingerprint density at radius 2 is 1.88 bits per heavy atom. The summed E-state index contributed by atoms with van der Waals surface area (Å²) >= 11 is 0. The molecule has 1 saturated carbocycles. The fraction of sp³-hybridized carbons (Fsp3) is 0.579. The molecule has 0 spiro atoms. The first-order valence-electron chi connectivity index (χ1n) is 9.23. The molecule has 3 rings (SSSR count). The fourth-order valence-electron chi connectivity index (χ4n) is 3.51. The molecule has 1 aromatic rings. The van der Waals surface area contributed by atoms with Gasteiger partial charge in [-0.3, -0.25) is 4.79 Å². The zero-order valence-corrected chi connectivity index (χ0v) is 15.0. The van der Waals surface area contributed by atoms with Crippen molar-refractivity contribution in [2.45, 2.75) is 44.8 Å². The van der Waals surface area contributed by atoms with Gasteiger partial charge in [0.15, 0.2) is 17.6 Å². The number of carboxylic acids is 1. The highest BCUT2D eigenvalue weighted by molar-refractivity contribution is 5.74. The SMILES string of the molecule is CCN(CC1COc2ccccc2O1)C(=O)NC1CCC(C(=O)O)CC1. The maximum absolute atomic E-state index is 12.6. The maximum atomic E-state index is 12.6. The number of aliphatic carboxylic acids is 1. The Kier molecular flexibility index (Phi) is 5.85. The van der Waals surface area contributed by atoms with Gasteiger partial charge in [-0.05, 0) is 44.7 Å². The molecule has 1 aliphatic heterocycles. The molecule has 142 valence electrons. The van der Waals surface area contributed by atoms with Gasteiger partial charge in [0, 0.05) is 12.6 Å². The Hall–Kier alpha value is -2.44. The van der Waals surface area contributed by atoms with Gasteiger partial charge < -0.3 is 24.8 Å². The number of nitrogens with zero attached hydrogens (tertiary/aromatic N) is 1. The van der Waals surface area contributed by atoms with E-state index in [2.05, 4.69) is 5.32 Å². The number of fused-ring (bicyclic) bond motifs is 1. The third-order valence-corrected chi connectivity index (χ3v) is 5.06. The number of hydrogen-bond donors (Lipinski definition) is 2. The van der Waals surface area contributed by atoms with E-state index in [1.165, 1.54) is 0 Å². The van der Waals surface area contributed by atoms with Crippen molar-refractivity contribution in [3.8, 4) is 11.5 Å². The number of amides is 2. The van der Waals surface area contributed by atoms with Crippen LogP contribution in [0.4, 0.5) is 4.79 Å². The first-order chi connectivity index (χ1) is 12.6. The molecule has 7 nitrogen and oxygen atoms in total. The van der Waals surface area contributed by atoms with Crippen molar-refractivity contribution in [3.63, 3.8) is 0 Å². The summed E-state index contributed by atoms with van der Waals surface area (Å²) < 4.78 is 11.6. The van der Waals surface area contributed by atoms with Crippen molar-refractivity contribution in [3.05, 3.63) is 24.3 Å². The van der Waals surface area contributed by atoms with E-state index in [9.17, 15) is 9.59 Å². The summed E-state index contributed by atoms with van der Waals surface area (Å²) in [5.41, 5.74) is 0. The number of carboxylic acid groups (broad SMARTS) is 1. The molecule has 1 atom stereocenters. The van der Waals surface area contributed by atoms with Crippen LogP contribution in [0.2, 0.25) is 0 Å². The zero-order valence-electron chi connectivity index (χ0n) is 15.0. The van der Waals surface area contributed by atoms with Gasteiger partial charge in [-0.15, -0.1) is 0 Å². The molecule has 0 bridgehead atoms. The third-order valence-electron chi connectivity index (χ3n) is 5.06. The normalized spacial score (nSPS) is 24.6. The van der Waals surface area contributed by atoms with Gasteiger partial charge in [0.05, 0.1) is 12.5 Å². The van der Waals surface area contributed by atoms with Crippen LogP contribution in [0.25, 0.3) is 0 Å². The van der Waals surface area contributed by atoms with Crippen LogP contribution in [0, 0.1) is 5.92 Å². The molecule has 0 radical (unpaired) electrons. The van der Waals surface area contributed by atoms with Gasteiger partial charge in [-0.1, -0.05) is 12.1 Å². The number of carbonyl (C=O) groups is 2. The van der Waals surface area contributed by atoms with Crippen LogP contribution in [-0.2, 0) is 4.79 Å². The molecule has 0 saturated heterocycles. The predicted octanol–water partition coefficient (Wildman–Crippen LogP) is 2.50. The largest absolute Gasteiger partial charge is 0.486 e. The lowest BCUT2D eigenvalue weighted by Crippen LogP contribution is -2.50. The van der Waals surface area contributed by atoms with Crippen molar-refractivity contribution >= 4 is 12.0 Å². The lowest BCUT2D eigenvalue weighted by molar-refractivity contribution is -0.142. The smallest absolute Gasteiger partial charge is 0.317 e. The van der Waals surface area contributed by atoms with E-state index in [1.54, 1.807) is 4.90 Å². The molecule has 1 heterocycles. The fourth-order valence-corrected chi connectivity index (χ4v) is 3.51. The van der Waals surface area contributed by atoms with Gasteiger partial charge in [0.25, 0.3) is 0 Å². The van der Waals surface area contributed by atoms with Crippen LogP contribution in [0.3, 0.4) is 0 Å². The highest BCUT2D eigenvalue weighted by atomic mass is 16.6. The highest BCUT2D eigenvalue weighted by Crippen LogP contribution is 2.31. The van der Waals surface area contributed by atoms with E-state index in [-0.39, 0.29) is 24.1 Å². The summed E-state index contributed by atoms with van der Waals surface area (Å²) in [5.74, 6) is 0.414. The van der Waals surface area contributed by atoms with Crippen molar-refractivity contribution in [1.82, 2.24) is 10.2 Å². The van der Waals surface area contributed by atoms with E-state index in [4.69, 9.17) is 14.6 Å². The third kappa shape index (κ3) is 4.39. The first-order valence-corrected chi connectivity index (χ1v) is 9.23. The average molecular weight is 362 g/mol. The monoisotopic (exact) mass is 362 g/mol. The summed E-state index contributed by atoms with van der Waals surface area (Å²) in [6.07, 6.45) is 2.43. The maximum Gasteiger partial charge on any atom is 0.317 e. The minimum atomic E-state index is -0.736. The Morgan fingerprint density at radius 1 is 1.19 bits per heavy atom. The van der Waals surface area contributed by atoms with E-state index in [1.807, 2.05) is 31.2 Å². The molecule has 1 unspecified atom stereocenters. The molecule has 1 aliphatic carbocycles. The Bertz CT molecular complexity index is 643. The zero-order chi connectivity index (χ0) is 18.5. The second-order valence-electron chi connectivity index (χ2n) is 6.87. The van der Waals surface area contributed by atoms with E-state index < -0.39 is 5.97 Å². The van der Waals surface area contributed by atoms with Gasteiger partial charge >= 0.3 is 12.0 Å². The Balaban J connectivity index is 1.49. The number of nitrogens with one attached hydrogen (secondary N) is 1. The predicted molar refractivity (Wildman–Crippen MR) is 95.5 cm³/mol. The molecule has 7 heteroatoms. The van der Waals surface area contributed by atoms with Gasteiger partial charge in [-0.2, -0.15) is 0 Å². The van der Waals surface area contributed by atoms with E-state index >= 15 is 0 Å². The molecule has 2 aliphatic rings. The number of likely N-dealkylation sites (N-methyl/N-ethyl adjacent to an activating group) is 1. The number of urea groups is 1. The topological polar surface area (TPSA) is 88.1 Å². The lowest BCUT2D eigenvalue weighted by Gasteiger charge is -2.33. The van der Waals surface area contributed by atoms with Gasteiger partial charge in [0.1, 0.15) is 6.61 Å². The number of carbonyl (C=O) groups excluding carboxylic acids is 1. The van der Waals surface area contributed by atoms with Crippen LogP contribution >= 0.6 is 0 Å². The van der Waals surface area contributed by atoms with Crippen LogP contribution in [0.15, 0.2) is 24.3 Å². The molecular formula is C19H26N2O5. The first kappa shape index (κ1) is 18.4. The Labute approximate surface area is 153 Å². The molecule has 1 fully saturated rings. The van der Waals surface area contributed by atoms with Crippen LogP contribution < -0.4 is 14.8 Å². The highest BCUT2D eigenvalue weighted by Gasteiger charge is 2.29. The van der Waals surface area contributed by atoms with Crippen molar-refractivity contribution in [2.75, 3.05) is 19.7 Å². The lowest BCUT2D eigenvalue weighted by atomic mass is 9.86. The second kappa shape index (κ2) is 8.29.